The van der Waals surface area contributed by atoms with Gasteiger partial charge >= 0.3 is 6.09 Å². The average Bonchev–Trinajstić information content (AvgIpc) is 2.25. The summed E-state index contributed by atoms with van der Waals surface area (Å²) >= 11 is 0. The van der Waals surface area contributed by atoms with Crippen molar-refractivity contribution in [2.45, 2.75) is 12.5 Å². The Morgan fingerprint density at radius 1 is 1.62 bits per heavy atom. The molecule has 0 saturated carbocycles. The Bertz CT molecular complexity index is 344. The number of hydrogen-bond acceptors (Lipinski definition) is 4. The zero-order valence-electron chi connectivity index (χ0n) is 8.26. The van der Waals surface area contributed by atoms with E-state index in [1.807, 2.05) is 0 Å². The van der Waals surface area contributed by atoms with Crippen LogP contribution in [0.3, 0.4) is 0 Å². The van der Waals surface area contributed by atoms with Gasteiger partial charge in [0.2, 0.25) is 5.95 Å². The number of aromatic nitrogens is 1. The van der Waals surface area contributed by atoms with Gasteiger partial charge in [-0.15, -0.1) is 0 Å². The molecular formula is C9H11FN2O4. The normalized spacial score (nSPS) is 12.1. The van der Waals surface area contributed by atoms with Crippen LogP contribution in [-0.2, 0) is 4.84 Å². The van der Waals surface area contributed by atoms with E-state index in [1.165, 1.54) is 12.3 Å². The van der Waals surface area contributed by atoms with Crippen LogP contribution in [-0.4, -0.2) is 27.9 Å². The van der Waals surface area contributed by atoms with Crippen molar-refractivity contribution in [3.05, 3.63) is 29.8 Å². The van der Waals surface area contributed by atoms with Crippen LogP contribution in [0.2, 0.25) is 0 Å². The summed E-state index contributed by atoms with van der Waals surface area (Å²) in [4.78, 5) is 17.9. The van der Waals surface area contributed by atoms with Crippen LogP contribution in [0.25, 0.3) is 0 Å². The summed E-state index contributed by atoms with van der Waals surface area (Å²) in [7, 11) is 0. The number of pyridine rings is 1. The lowest BCUT2D eigenvalue weighted by Gasteiger charge is -2.09. The zero-order chi connectivity index (χ0) is 12.0. The number of amides is 1. The van der Waals surface area contributed by atoms with E-state index in [0.717, 1.165) is 6.07 Å². The molecule has 1 rings (SSSR count). The minimum Gasteiger partial charge on any atom is -0.464 e. The number of rotatable bonds is 5. The summed E-state index contributed by atoms with van der Waals surface area (Å²) in [6.07, 6.45) is -0.792. The molecule has 6 nitrogen and oxygen atoms in total. The summed E-state index contributed by atoms with van der Waals surface area (Å²) in [6.45, 7) is 0.00480. The van der Waals surface area contributed by atoms with Gasteiger partial charge < -0.3 is 10.2 Å². The number of nitrogens with zero attached hydrogens (tertiary/aromatic N) is 1. The molecule has 0 aliphatic carbocycles. The Morgan fingerprint density at radius 2 is 2.38 bits per heavy atom. The van der Waals surface area contributed by atoms with Gasteiger partial charge in [0.15, 0.2) is 0 Å². The van der Waals surface area contributed by atoms with E-state index in [9.17, 15) is 14.3 Å². The minimum absolute atomic E-state index is 0.00480. The van der Waals surface area contributed by atoms with Crippen molar-refractivity contribution >= 4 is 6.09 Å². The van der Waals surface area contributed by atoms with E-state index in [-0.39, 0.29) is 13.0 Å². The van der Waals surface area contributed by atoms with Crippen LogP contribution in [0.15, 0.2) is 18.3 Å². The van der Waals surface area contributed by atoms with E-state index in [4.69, 9.17) is 5.11 Å². The lowest BCUT2D eigenvalue weighted by molar-refractivity contribution is 0.0212. The van der Waals surface area contributed by atoms with Gasteiger partial charge in [0.25, 0.3) is 0 Å². The van der Waals surface area contributed by atoms with Crippen molar-refractivity contribution < 1.29 is 24.2 Å². The van der Waals surface area contributed by atoms with E-state index >= 15 is 0 Å². The monoisotopic (exact) mass is 230 g/mol. The summed E-state index contributed by atoms with van der Waals surface area (Å²) in [6, 6.07) is 2.53. The third-order valence-electron chi connectivity index (χ3n) is 1.79. The van der Waals surface area contributed by atoms with Crippen LogP contribution < -0.4 is 5.48 Å². The first-order valence-corrected chi connectivity index (χ1v) is 4.50. The standard InChI is InChI=1S/C9H11FN2O4/c10-8-2-1-6(5-11-8)7(13)3-4-16-12-9(14)15/h1-2,5,7,12-13H,3-4H2,(H,14,15). The minimum atomic E-state index is -1.31. The Morgan fingerprint density at radius 3 is 2.94 bits per heavy atom. The smallest absolute Gasteiger partial charge is 0.428 e. The molecule has 0 radical (unpaired) electrons. The molecule has 1 unspecified atom stereocenters. The first-order valence-electron chi connectivity index (χ1n) is 4.50. The van der Waals surface area contributed by atoms with Gasteiger partial charge in [0.1, 0.15) is 0 Å². The molecule has 0 spiro atoms. The molecule has 0 aliphatic heterocycles. The number of hydroxylamine groups is 1. The Hall–Kier alpha value is -1.73. The fourth-order valence-electron chi connectivity index (χ4n) is 1.03. The van der Waals surface area contributed by atoms with Crippen LogP contribution in [0.4, 0.5) is 9.18 Å². The molecule has 1 aromatic rings. The maximum atomic E-state index is 12.5. The maximum Gasteiger partial charge on any atom is 0.428 e. The van der Waals surface area contributed by atoms with Crippen molar-refractivity contribution in [3.8, 4) is 0 Å². The molecule has 0 saturated heterocycles. The van der Waals surface area contributed by atoms with Crippen LogP contribution in [0.5, 0.6) is 0 Å². The van der Waals surface area contributed by atoms with Gasteiger partial charge in [-0.3, -0.25) is 4.84 Å². The van der Waals surface area contributed by atoms with Crippen molar-refractivity contribution in [3.63, 3.8) is 0 Å². The highest BCUT2D eigenvalue weighted by molar-refractivity contribution is 5.62. The summed E-state index contributed by atoms with van der Waals surface area (Å²) in [5.41, 5.74) is 2.14. The number of aliphatic hydroxyl groups excluding tert-OH is 1. The summed E-state index contributed by atoms with van der Waals surface area (Å²) < 4.78 is 12.5. The highest BCUT2D eigenvalue weighted by Crippen LogP contribution is 2.15. The predicted octanol–water partition coefficient (Wildman–Crippen LogP) is 0.843. The average molecular weight is 230 g/mol. The SMILES string of the molecule is O=C(O)NOCCC(O)c1ccc(F)nc1. The lowest BCUT2D eigenvalue weighted by atomic mass is 10.1. The topological polar surface area (TPSA) is 91.7 Å². The molecule has 0 fully saturated rings. The highest BCUT2D eigenvalue weighted by atomic mass is 19.1. The molecule has 0 bridgehead atoms. The molecular weight excluding hydrogens is 219 g/mol. The first kappa shape index (κ1) is 12.3. The number of hydrogen-bond donors (Lipinski definition) is 3. The van der Waals surface area contributed by atoms with Gasteiger partial charge in [-0.1, -0.05) is 6.07 Å². The Labute approximate surface area is 90.6 Å². The first-order chi connectivity index (χ1) is 7.59. The fraction of sp³-hybridized carbons (Fsp3) is 0.333. The molecule has 7 heteroatoms. The lowest BCUT2D eigenvalue weighted by Crippen LogP contribution is -2.22. The number of halogens is 1. The molecule has 1 amide bonds. The largest absolute Gasteiger partial charge is 0.464 e. The number of carboxylic acid groups (broad SMARTS) is 1. The molecule has 88 valence electrons. The van der Waals surface area contributed by atoms with Crippen LogP contribution >= 0.6 is 0 Å². The van der Waals surface area contributed by atoms with Gasteiger partial charge in [0.05, 0.1) is 12.7 Å². The highest BCUT2D eigenvalue weighted by Gasteiger charge is 2.08. The number of nitrogens with one attached hydrogen (secondary N) is 1. The molecule has 16 heavy (non-hydrogen) atoms. The molecule has 1 heterocycles. The third-order valence-corrected chi connectivity index (χ3v) is 1.79. The van der Waals surface area contributed by atoms with E-state index in [1.54, 1.807) is 5.48 Å². The summed E-state index contributed by atoms with van der Waals surface area (Å²) in [5.74, 6) is -0.625. The van der Waals surface area contributed by atoms with Gasteiger partial charge in [0, 0.05) is 12.6 Å². The predicted molar refractivity (Wildman–Crippen MR) is 50.9 cm³/mol. The number of aliphatic hydroxyl groups is 1. The van der Waals surface area contributed by atoms with Crippen molar-refractivity contribution in [2.75, 3.05) is 6.61 Å². The quantitative estimate of drug-likeness (QED) is 0.396. The maximum absolute atomic E-state index is 12.5. The second-order valence-corrected chi connectivity index (χ2v) is 2.97. The Kier molecular flexibility index (Phi) is 4.62. The van der Waals surface area contributed by atoms with E-state index in [2.05, 4.69) is 9.82 Å². The Balaban J connectivity index is 2.32. The van der Waals surface area contributed by atoms with Gasteiger partial charge in [-0.05, 0) is 11.6 Å². The van der Waals surface area contributed by atoms with Crippen LogP contribution in [0, 0.1) is 5.95 Å². The molecule has 1 atom stereocenters. The zero-order valence-corrected chi connectivity index (χ0v) is 8.26. The second-order valence-electron chi connectivity index (χ2n) is 2.97. The van der Waals surface area contributed by atoms with E-state index < -0.39 is 18.1 Å². The fourth-order valence-corrected chi connectivity index (χ4v) is 1.03. The number of carbonyl (C=O) groups is 1. The third kappa shape index (κ3) is 4.20. The van der Waals surface area contributed by atoms with Gasteiger partial charge in [-0.25, -0.2) is 9.78 Å². The molecule has 0 aliphatic rings. The molecule has 1 aromatic heterocycles. The van der Waals surface area contributed by atoms with Crippen LogP contribution in [0.1, 0.15) is 18.1 Å². The van der Waals surface area contributed by atoms with E-state index in [0.29, 0.717) is 5.56 Å². The second kappa shape index (κ2) is 5.99. The van der Waals surface area contributed by atoms with Crippen molar-refractivity contribution in [1.82, 2.24) is 10.5 Å². The van der Waals surface area contributed by atoms with Gasteiger partial charge in [-0.2, -0.15) is 9.87 Å². The van der Waals surface area contributed by atoms with Crippen molar-refractivity contribution in [1.29, 1.82) is 0 Å². The molecule has 0 aromatic carbocycles. The molecule has 3 N–H and O–H groups in total. The van der Waals surface area contributed by atoms with Crippen molar-refractivity contribution in [2.24, 2.45) is 0 Å². The summed E-state index contributed by atoms with van der Waals surface area (Å²) in [5, 5.41) is 17.7.